The summed E-state index contributed by atoms with van der Waals surface area (Å²) in [6.45, 7) is 0. The summed E-state index contributed by atoms with van der Waals surface area (Å²) in [5.41, 5.74) is 1.95. The lowest BCUT2D eigenvalue weighted by Gasteiger charge is -2.22. The molecule has 0 spiro atoms. The Morgan fingerprint density at radius 2 is 1.67 bits per heavy atom. The van der Waals surface area contributed by atoms with E-state index in [1.165, 1.54) is 0 Å². The molecule has 3 atom stereocenters. The van der Waals surface area contributed by atoms with Crippen molar-refractivity contribution in [1.82, 2.24) is 0 Å². The van der Waals surface area contributed by atoms with Crippen LogP contribution in [0.3, 0.4) is 0 Å². The van der Waals surface area contributed by atoms with Gasteiger partial charge in [0.15, 0.2) is 0 Å². The molecular weight excluding hydrogens is 264 g/mol. The third-order valence-electron chi connectivity index (χ3n) is 4.19. The van der Waals surface area contributed by atoms with Crippen molar-refractivity contribution >= 4 is 5.78 Å². The molecule has 1 N–H and O–H groups in total. The SMILES string of the molecule is COc1ccc([C@@H]2[C@@H](O)CC(=O)[C@H]2c2ccccc2)cc1. The van der Waals surface area contributed by atoms with Gasteiger partial charge in [-0.15, -0.1) is 0 Å². The smallest absolute Gasteiger partial charge is 0.143 e. The highest BCUT2D eigenvalue weighted by molar-refractivity contribution is 5.90. The third-order valence-corrected chi connectivity index (χ3v) is 4.19. The van der Waals surface area contributed by atoms with Gasteiger partial charge in [0, 0.05) is 12.3 Å². The highest BCUT2D eigenvalue weighted by Gasteiger charge is 2.43. The zero-order chi connectivity index (χ0) is 14.8. The number of carbonyl (C=O) groups excluding carboxylic acids is 1. The molecule has 0 heterocycles. The number of methoxy groups -OCH3 is 1. The summed E-state index contributed by atoms with van der Waals surface area (Å²) in [5, 5.41) is 10.3. The zero-order valence-corrected chi connectivity index (χ0v) is 11.9. The lowest BCUT2D eigenvalue weighted by Crippen LogP contribution is -2.17. The summed E-state index contributed by atoms with van der Waals surface area (Å²) in [6, 6.07) is 17.3. The zero-order valence-electron chi connectivity index (χ0n) is 11.9. The van der Waals surface area contributed by atoms with Gasteiger partial charge in [-0.3, -0.25) is 4.79 Å². The van der Waals surface area contributed by atoms with Gasteiger partial charge in [0.25, 0.3) is 0 Å². The Labute approximate surface area is 124 Å². The first-order valence-corrected chi connectivity index (χ1v) is 7.10. The summed E-state index contributed by atoms with van der Waals surface area (Å²) in [4.78, 5) is 12.3. The molecule has 0 radical (unpaired) electrons. The van der Waals surface area contributed by atoms with Gasteiger partial charge in [-0.05, 0) is 23.3 Å². The van der Waals surface area contributed by atoms with E-state index in [-0.39, 0.29) is 24.0 Å². The van der Waals surface area contributed by atoms with Gasteiger partial charge >= 0.3 is 0 Å². The summed E-state index contributed by atoms with van der Waals surface area (Å²) in [7, 11) is 1.62. The minimum absolute atomic E-state index is 0.106. The predicted octanol–water partition coefficient (Wildman–Crippen LogP) is 2.90. The molecule has 0 aliphatic heterocycles. The quantitative estimate of drug-likeness (QED) is 0.941. The monoisotopic (exact) mass is 282 g/mol. The van der Waals surface area contributed by atoms with Crippen LogP contribution in [0, 0.1) is 0 Å². The Hall–Kier alpha value is -2.13. The Balaban J connectivity index is 1.99. The number of hydrogen-bond acceptors (Lipinski definition) is 3. The first-order valence-electron chi connectivity index (χ1n) is 7.10. The Kier molecular flexibility index (Phi) is 3.76. The Morgan fingerprint density at radius 3 is 2.29 bits per heavy atom. The van der Waals surface area contributed by atoms with Gasteiger partial charge in [0.2, 0.25) is 0 Å². The maximum Gasteiger partial charge on any atom is 0.143 e. The fourth-order valence-electron chi connectivity index (χ4n) is 3.18. The minimum atomic E-state index is -0.629. The van der Waals surface area contributed by atoms with E-state index in [9.17, 15) is 9.90 Å². The molecule has 0 saturated heterocycles. The van der Waals surface area contributed by atoms with E-state index >= 15 is 0 Å². The van der Waals surface area contributed by atoms with Crippen molar-refractivity contribution in [2.75, 3.05) is 7.11 Å². The van der Waals surface area contributed by atoms with E-state index < -0.39 is 6.10 Å². The van der Waals surface area contributed by atoms with Gasteiger partial charge in [-0.1, -0.05) is 42.5 Å². The molecule has 21 heavy (non-hydrogen) atoms. The van der Waals surface area contributed by atoms with Crippen LogP contribution in [0.4, 0.5) is 0 Å². The summed E-state index contributed by atoms with van der Waals surface area (Å²) < 4.78 is 5.16. The number of aliphatic hydroxyl groups is 1. The van der Waals surface area contributed by atoms with E-state index in [1.807, 2.05) is 54.6 Å². The largest absolute Gasteiger partial charge is 0.497 e. The number of aliphatic hydroxyl groups excluding tert-OH is 1. The second kappa shape index (κ2) is 5.70. The maximum atomic E-state index is 12.3. The molecule has 0 aromatic heterocycles. The molecule has 3 nitrogen and oxygen atoms in total. The third kappa shape index (κ3) is 2.57. The lowest BCUT2D eigenvalue weighted by molar-refractivity contribution is -0.119. The summed E-state index contributed by atoms with van der Waals surface area (Å²) in [5.74, 6) is 0.420. The van der Waals surface area contributed by atoms with Crippen LogP contribution in [0.1, 0.15) is 29.4 Å². The molecule has 3 heteroatoms. The average Bonchev–Trinajstić information content (AvgIpc) is 2.82. The molecule has 0 bridgehead atoms. The number of carbonyl (C=O) groups is 1. The predicted molar refractivity (Wildman–Crippen MR) is 80.5 cm³/mol. The molecule has 1 saturated carbocycles. The molecule has 2 aromatic rings. The van der Waals surface area contributed by atoms with Crippen molar-refractivity contribution in [2.24, 2.45) is 0 Å². The molecule has 2 aromatic carbocycles. The second-order valence-electron chi connectivity index (χ2n) is 5.43. The highest BCUT2D eigenvalue weighted by Crippen LogP contribution is 2.44. The fraction of sp³-hybridized carbons (Fsp3) is 0.278. The maximum absolute atomic E-state index is 12.3. The number of hydrogen-bond donors (Lipinski definition) is 1. The van der Waals surface area contributed by atoms with Crippen LogP contribution < -0.4 is 4.74 Å². The molecule has 3 rings (SSSR count). The van der Waals surface area contributed by atoms with Crippen molar-refractivity contribution < 1.29 is 14.6 Å². The van der Waals surface area contributed by atoms with Crippen molar-refractivity contribution in [2.45, 2.75) is 24.4 Å². The van der Waals surface area contributed by atoms with E-state index in [0.29, 0.717) is 0 Å². The summed E-state index contributed by atoms with van der Waals surface area (Å²) in [6.07, 6.45) is -0.410. The van der Waals surface area contributed by atoms with Gasteiger partial charge in [-0.25, -0.2) is 0 Å². The van der Waals surface area contributed by atoms with Crippen LogP contribution in [0.2, 0.25) is 0 Å². The van der Waals surface area contributed by atoms with Crippen LogP contribution >= 0.6 is 0 Å². The molecule has 108 valence electrons. The van der Waals surface area contributed by atoms with Crippen LogP contribution in [0.15, 0.2) is 54.6 Å². The van der Waals surface area contributed by atoms with E-state index in [0.717, 1.165) is 16.9 Å². The highest BCUT2D eigenvalue weighted by atomic mass is 16.5. The first-order chi connectivity index (χ1) is 10.2. The van der Waals surface area contributed by atoms with Crippen molar-refractivity contribution in [3.63, 3.8) is 0 Å². The first kappa shape index (κ1) is 13.8. The van der Waals surface area contributed by atoms with Gasteiger partial charge in [-0.2, -0.15) is 0 Å². The van der Waals surface area contributed by atoms with Gasteiger partial charge < -0.3 is 9.84 Å². The number of ether oxygens (including phenoxy) is 1. The molecule has 0 amide bonds. The number of Topliss-reactive ketones (excluding diaryl/α,β-unsaturated/α-hetero) is 1. The number of ketones is 1. The topological polar surface area (TPSA) is 46.5 Å². The number of rotatable bonds is 3. The van der Waals surface area contributed by atoms with E-state index in [1.54, 1.807) is 7.11 Å². The van der Waals surface area contributed by atoms with Gasteiger partial charge in [0.1, 0.15) is 11.5 Å². The second-order valence-corrected chi connectivity index (χ2v) is 5.43. The lowest BCUT2D eigenvalue weighted by atomic mass is 9.83. The number of benzene rings is 2. The van der Waals surface area contributed by atoms with Crippen molar-refractivity contribution in [1.29, 1.82) is 0 Å². The van der Waals surface area contributed by atoms with Crippen LogP contribution in [0.25, 0.3) is 0 Å². The van der Waals surface area contributed by atoms with Crippen LogP contribution in [-0.2, 0) is 4.79 Å². The Bertz CT molecular complexity index is 619. The molecular formula is C18H18O3. The van der Waals surface area contributed by atoms with Crippen LogP contribution in [0.5, 0.6) is 5.75 Å². The van der Waals surface area contributed by atoms with Crippen molar-refractivity contribution in [3.05, 3.63) is 65.7 Å². The minimum Gasteiger partial charge on any atom is -0.497 e. The molecule has 1 aliphatic rings. The van der Waals surface area contributed by atoms with Crippen LogP contribution in [-0.4, -0.2) is 24.1 Å². The van der Waals surface area contributed by atoms with Crippen molar-refractivity contribution in [3.8, 4) is 5.75 Å². The summed E-state index contributed by atoms with van der Waals surface area (Å²) >= 11 is 0. The fourth-order valence-corrected chi connectivity index (χ4v) is 3.18. The Morgan fingerprint density at radius 1 is 1.00 bits per heavy atom. The standard InChI is InChI=1S/C18H18O3/c1-21-14-9-7-13(8-10-14)18-16(20)11-15(19)17(18)12-5-3-2-4-6-12/h2-10,16-18,20H,11H2,1H3/t16-,17+,18+/m0/s1. The van der Waals surface area contributed by atoms with Gasteiger partial charge in [0.05, 0.1) is 19.1 Å². The van der Waals surface area contributed by atoms with E-state index in [4.69, 9.17) is 4.74 Å². The molecule has 1 aliphatic carbocycles. The molecule has 0 unspecified atom stereocenters. The van der Waals surface area contributed by atoms with E-state index in [2.05, 4.69) is 0 Å². The average molecular weight is 282 g/mol. The normalized spacial score (nSPS) is 25.0. The molecule has 1 fully saturated rings.